The minimum absolute atomic E-state index is 0.140. The maximum atomic E-state index is 5.44. The molecule has 1 fully saturated rings. The van der Waals surface area contributed by atoms with Gasteiger partial charge in [0.1, 0.15) is 5.82 Å². The molecule has 1 aliphatic heterocycles. The lowest BCUT2D eigenvalue weighted by Crippen LogP contribution is -2.38. The molecule has 0 atom stereocenters. The standard InChI is InChI=1S/C26H33N5O/c1-20-18-27-25(29-24(20)31(26(2,3)4)23-8-6-5-7-9-23)28-22-12-10-21(11-13-22)19-30-14-16-32-17-15-30/h5-13,18H,14-17,19H2,1-4H3,(H,27,28,29). The summed E-state index contributed by atoms with van der Waals surface area (Å²) in [7, 11) is 0. The Hall–Kier alpha value is -2.96. The fraction of sp³-hybridized carbons (Fsp3) is 0.385. The molecule has 0 amide bonds. The highest BCUT2D eigenvalue weighted by atomic mass is 16.5. The Bertz CT molecular complexity index is 1010. The summed E-state index contributed by atoms with van der Waals surface area (Å²) < 4.78 is 5.44. The van der Waals surface area contributed by atoms with Crippen molar-refractivity contribution >= 4 is 23.1 Å². The summed E-state index contributed by atoms with van der Waals surface area (Å²) in [6, 6.07) is 18.9. The summed E-state index contributed by atoms with van der Waals surface area (Å²) in [5.41, 5.74) is 4.28. The number of hydrogen-bond acceptors (Lipinski definition) is 6. The van der Waals surface area contributed by atoms with Crippen LogP contribution in [0.1, 0.15) is 31.9 Å². The zero-order chi connectivity index (χ0) is 22.6. The Balaban J connectivity index is 1.53. The van der Waals surface area contributed by atoms with E-state index in [2.05, 4.69) is 96.3 Å². The number of rotatable bonds is 6. The molecule has 2 aromatic carbocycles. The van der Waals surface area contributed by atoms with Crippen LogP contribution in [0.3, 0.4) is 0 Å². The Labute approximate surface area is 191 Å². The summed E-state index contributed by atoms with van der Waals surface area (Å²) in [6.45, 7) is 13.2. The quantitative estimate of drug-likeness (QED) is 0.572. The van der Waals surface area contributed by atoms with Gasteiger partial charge < -0.3 is 15.0 Å². The van der Waals surface area contributed by atoms with Crippen LogP contribution in [-0.4, -0.2) is 46.7 Å². The third kappa shape index (κ3) is 5.44. The second-order valence-electron chi connectivity index (χ2n) is 9.25. The predicted molar refractivity (Wildman–Crippen MR) is 131 cm³/mol. The summed E-state index contributed by atoms with van der Waals surface area (Å²) in [5, 5.41) is 3.38. The first-order valence-corrected chi connectivity index (χ1v) is 11.3. The average molecular weight is 432 g/mol. The molecule has 2 heterocycles. The van der Waals surface area contributed by atoms with Gasteiger partial charge in [-0.05, 0) is 57.5 Å². The molecular formula is C26H33N5O. The molecule has 3 aromatic rings. The maximum Gasteiger partial charge on any atom is 0.229 e. The van der Waals surface area contributed by atoms with Gasteiger partial charge in [0.05, 0.1) is 13.2 Å². The highest BCUT2D eigenvalue weighted by Crippen LogP contribution is 2.34. The van der Waals surface area contributed by atoms with Gasteiger partial charge in [-0.25, -0.2) is 4.98 Å². The molecule has 6 nitrogen and oxygen atoms in total. The number of hydrogen-bond donors (Lipinski definition) is 1. The van der Waals surface area contributed by atoms with Crippen LogP contribution in [0.25, 0.3) is 0 Å². The van der Waals surface area contributed by atoms with E-state index in [9.17, 15) is 0 Å². The fourth-order valence-electron chi connectivity index (χ4n) is 3.96. The second kappa shape index (κ2) is 9.67. The van der Waals surface area contributed by atoms with Gasteiger partial charge in [-0.2, -0.15) is 4.98 Å². The van der Waals surface area contributed by atoms with E-state index in [0.29, 0.717) is 5.95 Å². The number of anilines is 4. The van der Waals surface area contributed by atoms with Gasteiger partial charge in [0.2, 0.25) is 5.95 Å². The van der Waals surface area contributed by atoms with Gasteiger partial charge in [0.15, 0.2) is 0 Å². The normalized spacial score (nSPS) is 14.9. The lowest BCUT2D eigenvalue weighted by molar-refractivity contribution is 0.0342. The van der Waals surface area contributed by atoms with E-state index in [4.69, 9.17) is 9.72 Å². The predicted octanol–water partition coefficient (Wildman–Crippen LogP) is 5.30. The molecule has 32 heavy (non-hydrogen) atoms. The number of benzene rings is 2. The van der Waals surface area contributed by atoms with E-state index >= 15 is 0 Å². The van der Waals surface area contributed by atoms with Crippen LogP contribution in [0.4, 0.5) is 23.1 Å². The van der Waals surface area contributed by atoms with Crippen LogP contribution in [0.2, 0.25) is 0 Å². The van der Waals surface area contributed by atoms with Crippen LogP contribution < -0.4 is 10.2 Å². The molecule has 0 bridgehead atoms. The van der Waals surface area contributed by atoms with Crippen molar-refractivity contribution in [1.29, 1.82) is 0 Å². The first-order valence-electron chi connectivity index (χ1n) is 11.3. The van der Waals surface area contributed by atoms with Crippen LogP contribution in [0.5, 0.6) is 0 Å². The molecule has 6 heteroatoms. The number of morpholine rings is 1. The van der Waals surface area contributed by atoms with Crippen molar-refractivity contribution in [2.75, 3.05) is 36.5 Å². The summed E-state index contributed by atoms with van der Waals surface area (Å²) in [6.07, 6.45) is 1.89. The second-order valence-corrected chi connectivity index (χ2v) is 9.25. The number of nitrogens with zero attached hydrogens (tertiary/aromatic N) is 4. The first-order chi connectivity index (χ1) is 15.4. The molecule has 1 aliphatic rings. The zero-order valence-corrected chi connectivity index (χ0v) is 19.5. The Morgan fingerprint density at radius 1 is 1.00 bits per heavy atom. The van der Waals surface area contributed by atoms with Gasteiger partial charge in [0.25, 0.3) is 0 Å². The molecule has 0 unspecified atom stereocenters. The lowest BCUT2D eigenvalue weighted by atomic mass is 10.0. The summed E-state index contributed by atoms with van der Waals surface area (Å²) in [5.74, 6) is 1.50. The number of ether oxygens (including phenoxy) is 1. The Morgan fingerprint density at radius 3 is 2.34 bits per heavy atom. The van der Waals surface area contributed by atoms with Gasteiger partial charge >= 0.3 is 0 Å². The Kier molecular flexibility index (Phi) is 6.72. The third-order valence-corrected chi connectivity index (χ3v) is 5.56. The number of nitrogens with one attached hydrogen (secondary N) is 1. The fourth-order valence-corrected chi connectivity index (χ4v) is 3.96. The monoisotopic (exact) mass is 431 g/mol. The van der Waals surface area contributed by atoms with E-state index in [1.165, 1.54) is 5.56 Å². The highest BCUT2D eigenvalue weighted by molar-refractivity contribution is 5.66. The van der Waals surface area contributed by atoms with Gasteiger partial charge in [-0.1, -0.05) is 30.3 Å². The molecule has 0 radical (unpaired) electrons. The molecule has 1 N–H and O–H groups in total. The smallest absolute Gasteiger partial charge is 0.229 e. The van der Waals surface area contributed by atoms with Crippen molar-refractivity contribution in [3.05, 3.63) is 71.9 Å². The molecule has 1 saturated heterocycles. The van der Waals surface area contributed by atoms with E-state index in [1.807, 2.05) is 12.3 Å². The molecule has 1 aromatic heterocycles. The van der Waals surface area contributed by atoms with Crippen molar-refractivity contribution in [2.45, 2.75) is 39.8 Å². The minimum Gasteiger partial charge on any atom is -0.379 e. The minimum atomic E-state index is -0.140. The summed E-state index contributed by atoms with van der Waals surface area (Å²) in [4.78, 5) is 14.1. The van der Waals surface area contributed by atoms with Crippen molar-refractivity contribution in [2.24, 2.45) is 0 Å². The maximum absolute atomic E-state index is 5.44. The molecule has 4 rings (SSSR count). The first kappa shape index (κ1) is 22.2. The van der Waals surface area contributed by atoms with Crippen molar-refractivity contribution in [3.63, 3.8) is 0 Å². The van der Waals surface area contributed by atoms with Crippen LogP contribution in [0.15, 0.2) is 60.8 Å². The van der Waals surface area contributed by atoms with Crippen LogP contribution >= 0.6 is 0 Å². The van der Waals surface area contributed by atoms with Gasteiger partial charge in [-0.15, -0.1) is 0 Å². The van der Waals surface area contributed by atoms with E-state index in [1.54, 1.807) is 0 Å². The van der Waals surface area contributed by atoms with Crippen molar-refractivity contribution in [1.82, 2.24) is 14.9 Å². The van der Waals surface area contributed by atoms with Gasteiger partial charge in [0, 0.05) is 48.3 Å². The number of aromatic nitrogens is 2. The number of aryl methyl sites for hydroxylation is 1. The van der Waals surface area contributed by atoms with E-state index in [-0.39, 0.29) is 5.54 Å². The van der Waals surface area contributed by atoms with Crippen molar-refractivity contribution in [3.8, 4) is 0 Å². The highest BCUT2D eigenvalue weighted by Gasteiger charge is 2.26. The van der Waals surface area contributed by atoms with Crippen LogP contribution in [-0.2, 0) is 11.3 Å². The molecule has 168 valence electrons. The molecular weight excluding hydrogens is 398 g/mol. The van der Waals surface area contributed by atoms with Crippen LogP contribution in [0, 0.1) is 6.92 Å². The zero-order valence-electron chi connectivity index (χ0n) is 19.5. The lowest BCUT2D eigenvalue weighted by Gasteiger charge is -2.37. The number of para-hydroxylation sites is 1. The van der Waals surface area contributed by atoms with E-state index < -0.39 is 0 Å². The average Bonchev–Trinajstić information content (AvgIpc) is 2.78. The molecule has 0 aliphatic carbocycles. The largest absolute Gasteiger partial charge is 0.379 e. The Morgan fingerprint density at radius 2 is 1.69 bits per heavy atom. The topological polar surface area (TPSA) is 53.5 Å². The SMILES string of the molecule is Cc1cnc(Nc2ccc(CN3CCOCC3)cc2)nc1N(c1ccccc1)C(C)(C)C. The van der Waals surface area contributed by atoms with Crippen molar-refractivity contribution < 1.29 is 4.74 Å². The van der Waals surface area contributed by atoms with Gasteiger partial charge in [-0.3, -0.25) is 4.90 Å². The third-order valence-electron chi connectivity index (χ3n) is 5.56. The summed E-state index contributed by atoms with van der Waals surface area (Å²) >= 11 is 0. The molecule has 0 spiro atoms. The molecule has 0 saturated carbocycles. The van der Waals surface area contributed by atoms with E-state index in [0.717, 1.165) is 55.6 Å².